The lowest BCUT2D eigenvalue weighted by Crippen LogP contribution is -2.52. The van der Waals surface area contributed by atoms with Crippen LogP contribution in [-0.2, 0) is 28.7 Å². The molecule has 0 rings (SSSR count). The first-order valence-corrected chi connectivity index (χ1v) is 8.61. The Morgan fingerprint density at radius 1 is 1.07 bits per heavy atom. The van der Waals surface area contributed by atoms with Crippen LogP contribution in [0.15, 0.2) is 0 Å². The molecule has 0 aromatic carbocycles. The first-order valence-electron chi connectivity index (χ1n) is 7.73. The maximum absolute atomic E-state index is 12.5. The van der Waals surface area contributed by atoms with Crippen LogP contribution in [0.2, 0.25) is 0 Å². The predicted molar refractivity (Wildman–Crippen MR) is 108 cm³/mol. The Labute approximate surface area is 178 Å². The number of carboxylic acid groups (broad SMARTS) is 1. The molecule has 0 aliphatic rings. The summed E-state index contributed by atoms with van der Waals surface area (Å²) in [5.41, 5.74) is 15.6. The largest absolute Gasteiger partial charge is 0.481 e. The zero-order valence-corrected chi connectivity index (χ0v) is 17.9. The molecule has 0 saturated heterocycles. The van der Waals surface area contributed by atoms with Crippen molar-refractivity contribution in [2.75, 3.05) is 6.54 Å². The maximum Gasteiger partial charge on any atom is 0.332 e. The minimum absolute atomic E-state index is 0. The van der Waals surface area contributed by atoms with Gasteiger partial charge >= 0.3 is 17.9 Å². The number of thioether (sulfide) groups is 1. The van der Waals surface area contributed by atoms with Crippen molar-refractivity contribution >= 4 is 53.0 Å². The zero-order valence-electron chi connectivity index (χ0n) is 16.3. The van der Waals surface area contributed by atoms with Gasteiger partial charge in [0.2, 0.25) is 0 Å². The highest BCUT2D eigenvalue weighted by molar-refractivity contribution is 8.14. The number of carbonyl (C=O) groups is 5. The Kier molecular flexibility index (Phi) is 18.3. The van der Waals surface area contributed by atoms with Crippen LogP contribution in [0, 0.1) is 5.41 Å². The topological polar surface area (TPSA) is 256 Å². The van der Waals surface area contributed by atoms with Crippen molar-refractivity contribution in [2.45, 2.75) is 50.9 Å². The van der Waals surface area contributed by atoms with Gasteiger partial charge in [-0.3, -0.25) is 19.2 Å². The van der Waals surface area contributed by atoms with Gasteiger partial charge in [0.05, 0.1) is 17.8 Å². The predicted octanol–water partition coefficient (Wildman–Crippen LogP) is -2.45. The normalized spacial score (nSPS) is 13.3. The molecule has 1 unspecified atom stereocenters. The molecule has 0 fully saturated rings. The van der Waals surface area contributed by atoms with E-state index in [-0.39, 0.29) is 36.2 Å². The number of hydrogen-bond donors (Lipinski definition) is 4. The van der Waals surface area contributed by atoms with E-state index in [2.05, 4.69) is 4.74 Å². The number of nitrogens with two attached hydrogens (primary N) is 3. The number of Topliss-reactive ketones (excluding diaryl/α,β-unsaturated/α-hetero) is 1. The van der Waals surface area contributed by atoms with Gasteiger partial charge in [0.15, 0.2) is 10.9 Å². The molecule has 0 aromatic heterocycles. The van der Waals surface area contributed by atoms with Gasteiger partial charge in [-0.1, -0.05) is 32.5 Å². The maximum atomic E-state index is 12.5. The van der Waals surface area contributed by atoms with E-state index < -0.39 is 58.1 Å². The fourth-order valence-corrected chi connectivity index (χ4v) is 2.71. The van der Waals surface area contributed by atoms with Crippen LogP contribution in [-0.4, -0.2) is 68.7 Å². The second-order valence-electron chi connectivity index (χ2n) is 6.54. The van der Waals surface area contributed by atoms with E-state index in [1.165, 1.54) is 0 Å². The fourth-order valence-electron chi connectivity index (χ4n) is 1.58. The van der Waals surface area contributed by atoms with E-state index in [1.54, 1.807) is 20.8 Å². The lowest BCUT2D eigenvalue weighted by atomic mass is 9.99. The molecule has 0 heterocycles. The molecule has 0 saturated carbocycles. The number of hydrogen-bond acceptors (Lipinski definition) is 10. The van der Waals surface area contributed by atoms with Gasteiger partial charge in [-0.25, -0.2) is 4.79 Å². The highest BCUT2D eigenvalue weighted by atomic mass is 35.5. The molecule has 0 aliphatic heterocycles. The Hall–Kier alpha value is -1.61. The summed E-state index contributed by atoms with van der Waals surface area (Å²) in [4.78, 5) is 58.5. The van der Waals surface area contributed by atoms with Crippen molar-refractivity contribution in [3.05, 3.63) is 0 Å². The summed E-state index contributed by atoms with van der Waals surface area (Å²) in [5, 5.41) is 6.82. The van der Waals surface area contributed by atoms with E-state index in [1.807, 2.05) is 0 Å². The molecule has 14 heteroatoms. The zero-order chi connectivity index (χ0) is 20.7. The van der Waals surface area contributed by atoms with Crippen molar-refractivity contribution < 1.29 is 44.8 Å². The summed E-state index contributed by atoms with van der Waals surface area (Å²) < 4.78 is 4.40. The van der Waals surface area contributed by atoms with Gasteiger partial charge < -0.3 is 38.0 Å². The third kappa shape index (κ3) is 12.5. The van der Waals surface area contributed by atoms with Gasteiger partial charge in [0.1, 0.15) is 6.04 Å². The Bertz CT molecular complexity index is 584. The van der Waals surface area contributed by atoms with Crippen molar-refractivity contribution in [1.29, 1.82) is 0 Å². The van der Waals surface area contributed by atoms with Crippen LogP contribution >= 0.6 is 24.2 Å². The van der Waals surface area contributed by atoms with E-state index in [9.17, 15) is 24.0 Å². The molecule has 172 valence electrons. The molecule has 0 radical (unpaired) electrons. The van der Waals surface area contributed by atoms with Crippen molar-refractivity contribution in [3.8, 4) is 0 Å². The first-order chi connectivity index (χ1) is 11.8. The van der Waals surface area contributed by atoms with Crippen molar-refractivity contribution in [3.63, 3.8) is 0 Å². The second-order valence-corrected chi connectivity index (χ2v) is 7.65. The monoisotopic (exact) mass is 463 g/mol. The minimum atomic E-state index is -1.65. The number of carbonyl (C=O) groups excluding carboxylic acids is 4. The average Bonchev–Trinajstić information content (AvgIpc) is 2.54. The van der Waals surface area contributed by atoms with Crippen LogP contribution in [0.1, 0.15) is 33.6 Å². The summed E-state index contributed by atoms with van der Waals surface area (Å²) >= 11 is 0.509. The average molecular weight is 464 g/mol. The third-order valence-electron chi connectivity index (χ3n) is 3.14. The summed E-state index contributed by atoms with van der Waals surface area (Å²) in [5.74, 6) is -4.20. The van der Waals surface area contributed by atoms with Crippen molar-refractivity contribution in [1.82, 2.24) is 0 Å². The smallest absolute Gasteiger partial charge is 0.332 e. The Balaban J connectivity index is -0.00000104. The number of rotatable bonds is 9. The van der Waals surface area contributed by atoms with Gasteiger partial charge in [0, 0.05) is 11.8 Å². The van der Waals surface area contributed by atoms with E-state index in [0.29, 0.717) is 11.8 Å². The molecule has 11 N–H and O–H groups in total. The van der Waals surface area contributed by atoms with Crippen molar-refractivity contribution in [2.24, 2.45) is 22.6 Å². The number of ketones is 1. The summed E-state index contributed by atoms with van der Waals surface area (Å²) in [7, 11) is 0. The van der Waals surface area contributed by atoms with Crippen LogP contribution in [0.25, 0.3) is 0 Å². The van der Waals surface area contributed by atoms with Gasteiger partial charge in [-0.15, -0.1) is 12.4 Å². The Morgan fingerprint density at radius 3 is 1.93 bits per heavy atom. The number of esters is 2. The minimum Gasteiger partial charge on any atom is -0.481 e. The highest BCUT2D eigenvalue weighted by Gasteiger charge is 2.39. The van der Waals surface area contributed by atoms with Gasteiger partial charge in [0.25, 0.3) is 0 Å². The third-order valence-corrected chi connectivity index (χ3v) is 4.75. The quantitative estimate of drug-likeness (QED) is 0.206. The number of carboxylic acids is 1. The van der Waals surface area contributed by atoms with Crippen LogP contribution in [0.4, 0.5) is 0 Å². The lowest BCUT2D eigenvalue weighted by molar-refractivity contribution is -0.160. The van der Waals surface area contributed by atoms with E-state index >= 15 is 0 Å². The van der Waals surface area contributed by atoms with E-state index in [4.69, 9.17) is 22.3 Å². The Morgan fingerprint density at radius 2 is 1.55 bits per heavy atom. The standard InChI is InChI=1S/C15H25N3O7S.ClH.2H2O/c1-15(2,3)14(24)26-12(10(18)13(23)25-9(21)6-16)11(22)7(17)4-5-8(19)20;;;/h7,10,12H,4-6,16-18H2,1-3H3,(H,19,20);1H;2*1H2/t7-,10-,12?;;;/m0.../s1. The first kappa shape index (κ1) is 34.9. The van der Waals surface area contributed by atoms with Crippen LogP contribution in [0.3, 0.4) is 0 Å². The summed E-state index contributed by atoms with van der Waals surface area (Å²) in [6.07, 6.45) is -0.568. The molecule has 0 amide bonds. The highest BCUT2D eigenvalue weighted by Crippen LogP contribution is 2.28. The molecule has 0 aromatic rings. The molecule has 0 aliphatic carbocycles. The number of halogens is 1. The molecule has 3 atom stereocenters. The molecular weight excluding hydrogens is 434 g/mol. The van der Waals surface area contributed by atoms with Crippen LogP contribution in [0.5, 0.6) is 0 Å². The molecule has 0 spiro atoms. The number of aliphatic carboxylic acids is 1. The van der Waals surface area contributed by atoms with Crippen LogP contribution < -0.4 is 17.2 Å². The SMILES string of the molecule is CC(C)(C)C(=O)SC(C(=O)[C@@H](N)CCC(=O)O)[C@H](N)C(=O)OC(=O)CN.Cl.O.O. The van der Waals surface area contributed by atoms with Gasteiger partial charge in [-0.2, -0.15) is 0 Å². The number of ether oxygens (including phenoxy) is 1. The molecule has 29 heavy (non-hydrogen) atoms. The second kappa shape index (κ2) is 15.3. The van der Waals surface area contributed by atoms with E-state index in [0.717, 1.165) is 0 Å². The van der Waals surface area contributed by atoms with Gasteiger partial charge in [-0.05, 0) is 6.42 Å². The fraction of sp³-hybridized carbons (Fsp3) is 0.667. The lowest BCUT2D eigenvalue weighted by Gasteiger charge is -2.25. The summed E-state index contributed by atoms with van der Waals surface area (Å²) in [6, 6.07) is -2.90. The molecule has 0 bridgehead atoms. The molecule has 12 nitrogen and oxygen atoms in total. The summed E-state index contributed by atoms with van der Waals surface area (Å²) in [6.45, 7) is 4.26. The molecular formula is C15H30ClN3O9S.